The van der Waals surface area contributed by atoms with Gasteiger partial charge in [-0.05, 0) is 31.0 Å². The third kappa shape index (κ3) is 2.28. The van der Waals surface area contributed by atoms with Gasteiger partial charge in [0.05, 0.1) is 6.42 Å². The Bertz CT molecular complexity index is 440. The lowest BCUT2D eigenvalue weighted by Gasteiger charge is -2.24. The smallest absolute Gasteiger partial charge is 0.307 e. The van der Waals surface area contributed by atoms with E-state index < -0.39 is 5.97 Å². The second kappa shape index (κ2) is 4.40. The molecule has 1 aromatic rings. The summed E-state index contributed by atoms with van der Waals surface area (Å²) in [6.07, 6.45) is 0.113. The van der Waals surface area contributed by atoms with E-state index in [0.29, 0.717) is 12.0 Å². The molecule has 1 aromatic carbocycles. The molecule has 3 heteroatoms. The largest absolute Gasteiger partial charge is 0.481 e. The van der Waals surface area contributed by atoms with Crippen LogP contribution in [0.3, 0.4) is 0 Å². The minimum atomic E-state index is -0.767. The predicted molar refractivity (Wildman–Crippen MR) is 68.7 cm³/mol. The molecule has 1 N–H and O–H groups in total. The van der Waals surface area contributed by atoms with E-state index in [0.717, 1.165) is 12.1 Å². The first kappa shape index (κ1) is 12.0. The van der Waals surface area contributed by atoms with Gasteiger partial charge in [-0.2, -0.15) is 0 Å². The van der Waals surface area contributed by atoms with Gasteiger partial charge in [0.1, 0.15) is 0 Å². The molecule has 2 rings (SSSR count). The Morgan fingerprint density at radius 2 is 2.24 bits per heavy atom. The minimum absolute atomic E-state index is 0.113. The Labute approximate surface area is 102 Å². The van der Waals surface area contributed by atoms with Gasteiger partial charge in [-0.15, -0.1) is 0 Å². The monoisotopic (exact) mass is 233 g/mol. The number of carbonyl (C=O) groups is 1. The number of hydrogen-bond acceptors (Lipinski definition) is 2. The van der Waals surface area contributed by atoms with Crippen LogP contribution in [-0.4, -0.2) is 23.7 Å². The van der Waals surface area contributed by atoms with E-state index in [1.165, 1.54) is 11.3 Å². The van der Waals surface area contributed by atoms with Crippen molar-refractivity contribution in [3.63, 3.8) is 0 Å². The second-order valence-electron chi connectivity index (χ2n) is 5.11. The fraction of sp³-hybridized carbons (Fsp3) is 0.500. The van der Waals surface area contributed by atoms with Crippen LogP contribution < -0.4 is 4.90 Å². The molecule has 1 atom stereocenters. The van der Waals surface area contributed by atoms with Crippen LogP contribution in [0, 0.1) is 0 Å². The van der Waals surface area contributed by atoms with Crippen LogP contribution in [0.25, 0.3) is 0 Å². The van der Waals surface area contributed by atoms with E-state index in [9.17, 15) is 4.79 Å². The zero-order valence-corrected chi connectivity index (χ0v) is 10.6. The number of aliphatic carboxylic acids is 1. The maximum absolute atomic E-state index is 10.7. The maximum Gasteiger partial charge on any atom is 0.307 e. The molecular weight excluding hydrogens is 214 g/mol. The van der Waals surface area contributed by atoms with Gasteiger partial charge < -0.3 is 10.0 Å². The van der Waals surface area contributed by atoms with Crippen LogP contribution in [0.1, 0.15) is 37.8 Å². The third-order valence-electron chi connectivity index (χ3n) is 3.38. The van der Waals surface area contributed by atoms with Crippen LogP contribution in [0.2, 0.25) is 0 Å². The van der Waals surface area contributed by atoms with Gasteiger partial charge in [-0.3, -0.25) is 4.79 Å². The van der Waals surface area contributed by atoms with Crippen molar-refractivity contribution in [1.29, 1.82) is 0 Å². The molecule has 1 aliphatic heterocycles. The molecule has 17 heavy (non-hydrogen) atoms. The van der Waals surface area contributed by atoms with E-state index in [4.69, 9.17) is 5.11 Å². The molecule has 0 saturated heterocycles. The second-order valence-corrected chi connectivity index (χ2v) is 5.11. The highest BCUT2D eigenvalue weighted by Crippen LogP contribution is 2.37. The molecular formula is C14H19NO2. The first-order chi connectivity index (χ1) is 7.99. The summed E-state index contributed by atoms with van der Waals surface area (Å²) >= 11 is 0. The number of fused-ring (bicyclic) bond motifs is 1. The van der Waals surface area contributed by atoms with Crippen LogP contribution in [0.5, 0.6) is 0 Å². The third-order valence-corrected chi connectivity index (χ3v) is 3.38. The lowest BCUT2D eigenvalue weighted by molar-refractivity contribution is -0.136. The van der Waals surface area contributed by atoms with Gasteiger partial charge in [-0.1, -0.05) is 19.1 Å². The molecule has 3 nitrogen and oxygen atoms in total. The highest BCUT2D eigenvalue weighted by molar-refractivity contribution is 5.71. The first-order valence-electron chi connectivity index (χ1n) is 6.10. The number of carboxylic acid groups (broad SMARTS) is 1. The van der Waals surface area contributed by atoms with Crippen LogP contribution in [0.4, 0.5) is 5.69 Å². The summed E-state index contributed by atoms with van der Waals surface area (Å²) in [7, 11) is 0. The molecule has 0 spiro atoms. The van der Waals surface area contributed by atoms with Crippen LogP contribution in [-0.2, 0) is 11.2 Å². The van der Waals surface area contributed by atoms with Crippen molar-refractivity contribution < 1.29 is 9.90 Å². The molecule has 1 aliphatic rings. The van der Waals surface area contributed by atoms with E-state index >= 15 is 0 Å². The van der Waals surface area contributed by atoms with Crippen molar-refractivity contribution in [2.24, 2.45) is 0 Å². The number of anilines is 1. The summed E-state index contributed by atoms with van der Waals surface area (Å²) in [5.74, 6) is -0.280. The summed E-state index contributed by atoms with van der Waals surface area (Å²) in [5.41, 5.74) is 3.45. The molecule has 0 bridgehead atoms. The predicted octanol–water partition coefficient (Wildman–Crippen LogP) is 2.65. The fourth-order valence-corrected chi connectivity index (χ4v) is 2.53. The molecule has 1 unspecified atom stereocenters. The summed E-state index contributed by atoms with van der Waals surface area (Å²) in [6.45, 7) is 7.61. The summed E-state index contributed by atoms with van der Waals surface area (Å²) in [5, 5.41) is 8.81. The van der Waals surface area contributed by atoms with Crippen molar-refractivity contribution in [3.05, 3.63) is 29.3 Å². The van der Waals surface area contributed by atoms with Crippen molar-refractivity contribution in [3.8, 4) is 0 Å². The minimum Gasteiger partial charge on any atom is -0.481 e. The van der Waals surface area contributed by atoms with Gasteiger partial charge in [0.2, 0.25) is 0 Å². The summed E-state index contributed by atoms with van der Waals surface area (Å²) in [6, 6.07) is 6.54. The SMILES string of the molecule is CC1CN(C(C)C)c2ccc(CC(=O)O)cc21. The Balaban J connectivity index is 2.33. The number of nitrogens with zero attached hydrogens (tertiary/aromatic N) is 1. The molecule has 0 aromatic heterocycles. The lowest BCUT2D eigenvalue weighted by atomic mass is 10.00. The molecule has 1 heterocycles. The average molecular weight is 233 g/mol. The topological polar surface area (TPSA) is 40.5 Å². The number of hydrogen-bond donors (Lipinski definition) is 1. The van der Waals surface area contributed by atoms with Crippen molar-refractivity contribution in [2.75, 3.05) is 11.4 Å². The molecule has 0 radical (unpaired) electrons. The quantitative estimate of drug-likeness (QED) is 0.872. The molecule has 0 fully saturated rings. The first-order valence-corrected chi connectivity index (χ1v) is 6.10. The van der Waals surface area contributed by atoms with E-state index in [1.54, 1.807) is 0 Å². The number of rotatable bonds is 3. The Morgan fingerprint density at radius 1 is 1.53 bits per heavy atom. The normalized spacial score (nSPS) is 18.6. The standard InChI is InChI=1S/C14H19NO2/c1-9(2)15-8-10(3)12-6-11(7-14(16)17)4-5-13(12)15/h4-6,9-10H,7-8H2,1-3H3,(H,16,17). The Hall–Kier alpha value is -1.51. The van der Waals surface area contributed by atoms with Crippen LogP contribution in [0.15, 0.2) is 18.2 Å². The Kier molecular flexibility index (Phi) is 3.09. The van der Waals surface area contributed by atoms with Gasteiger partial charge in [-0.25, -0.2) is 0 Å². The van der Waals surface area contributed by atoms with E-state index in [2.05, 4.69) is 37.8 Å². The van der Waals surface area contributed by atoms with Crippen molar-refractivity contribution >= 4 is 11.7 Å². The fourth-order valence-electron chi connectivity index (χ4n) is 2.53. The Morgan fingerprint density at radius 3 is 2.82 bits per heavy atom. The lowest BCUT2D eigenvalue weighted by Crippen LogP contribution is -2.28. The highest BCUT2D eigenvalue weighted by Gasteiger charge is 2.27. The van der Waals surface area contributed by atoms with Crippen LogP contribution >= 0.6 is 0 Å². The zero-order valence-electron chi connectivity index (χ0n) is 10.6. The number of benzene rings is 1. The molecule has 92 valence electrons. The average Bonchev–Trinajstić information content (AvgIpc) is 2.55. The summed E-state index contributed by atoms with van der Waals surface area (Å²) in [4.78, 5) is 13.1. The number of carboxylic acids is 1. The van der Waals surface area contributed by atoms with Gasteiger partial charge in [0, 0.05) is 24.2 Å². The van der Waals surface area contributed by atoms with Gasteiger partial charge in [0.25, 0.3) is 0 Å². The van der Waals surface area contributed by atoms with Gasteiger partial charge >= 0.3 is 5.97 Å². The highest BCUT2D eigenvalue weighted by atomic mass is 16.4. The van der Waals surface area contributed by atoms with Crippen molar-refractivity contribution in [2.45, 2.75) is 39.2 Å². The zero-order chi connectivity index (χ0) is 12.6. The molecule has 0 amide bonds. The van der Waals surface area contributed by atoms with E-state index in [-0.39, 0.29) is 6.42 Å². The molecule has 0 saturated carbocycles. The molecule has 0 aliphatic carbocycles. The maximum atomic E-state index is 10.7. The van der Waals surface area contributed by atoms with Gasteiger partial charge in [0.15, 0.2) is 0 Å². The summed E-state index contributed by atoms with van der Waals surface area (Å²) < 4.78 is 0. The van der Waals surface area contributed by atoms with Crippen molar-refractivity contribution in [1.82, 2.24) is 0 Å². The van der Waals surface area contributed by atoms with E-state index in [1.807, 2.05) is 6.07 Å².